The number of carbonyl (C=O) groups is 1. The first-order valence-electron chi connectivity index (χ1n) is 4.81. The third kappa shape index (κ3) is 2.36. The molecule has 0 saturated carbocycles. The fourth-order valence-electron chi connectivity index (χ4n) is 1.49. The monoisotopic (exact) mass is 253 g/mol. The van der Waals surface area contributed by atoms with Crippen molar-refractivity contribution in [1.82, 2.24) is 4.90 Å². The molecule has 1 heterocycles. The standard InChI is InChI=1S/C11H11NO2S2/c1-14-9-4-2-3-8(5-9)6-12-10(13)7-16-11(12)15/h2-5H,6-7H2,1H3. The summed E-state index contributed by atoms with van der Waals surface area (Å²) >= 11 is 6.53. The van der Waals surface area contributed by atoms with Crippen molar-refractivity contribution in [2.75, 3.05) is 12.9 Å². The van der Waals surface area contributed by atoms with Crippen molar-refractivity contribution in [2.45, 2.75) is 6.54 Å². The van der Waals surface area contributed by atoms with Crippen molar-refractivity contribution < 1.29 is 9.53 Å². The lowest BCUT2D eigenvalue weighted by atomic mass is 10.2. The van der Waals surface area contributed by atoms with Crippen LogP contribution >= 0.6 is 24.0 Å². The summed E-state index contributed by atoms with van der Waals surface area (Å²) in [5.74, 6) is 1.34. The van der Waals surface area contributed by atoms with Crippen LogP contribution < -0.4 is 4.74 Å². The van der Waals surface area contributed by atoms with Gasteiger partial charge in [0.05, 0.1) is 19.4 Å². The lowest BCUT2D eigenvalue weighted by molar-refractivity contribution is -0.124. The second-order valence-electron chi connectivity index (χ2n) is 3.39. The average Bonchev–Trinajstić information content (AvgIpc) is 2.61. The van der Waals surface area contributed by atoms with Gasteiger partial charge in [0.2, 0.25) is 5.91 Å². The van der Waals surface area contributed by atoms with Crippen molar-refractivity contribution in [1.29, 1.82) is 0 Å². The molecule has 0 radical (unpaired) electrons. The molecular formula is C11H11NO2S2. The summed E-state index contributed by atoms with van der Waals surface area (Å²) in [6, 6.07) is 7.66. The van der Waals surface area contributed by atoms with Crippen molar-refractivity contribution in [3.05, 3.63) is 29.8 Å². The lowest BCUT2D eigenvalue weighted by Crippen LogP contribution is -2.27. The van der Waals surface area contributed by atoms with E-state index in [1.807, 2.05) is 24.3 Å². The molecule has 0 bridgehead atoms. The van der Waals surface area contributed by atoms with E-state index in [0.29, 0.717) is 16.6 Å². The zero-order valence-corrected chi connectivity index (χ0v) is 10.4. The second-order valence-corrected chi connectivity index (χ2v) is 5.00. The van der Waals surface area contributed by atoms with Gasteiger partial charge >= 0.3 is 0 Å². The van der Waals surface area contributed by atoms with E-state index in [4.69, 9.17) is 17.0 Å². The minimum absolute atomic E-state index is 0.0813. The summed E-state index contributed by atoms with van der Waals surface area (Å²) in [5, 5.41) is 0. The molecule has 0 aromatic heterocycles. The number of thiocarbonyl (C=S) groups is 1. The SMILES string of the molecule is COc1cccc(CN2C(=O)CSC2=S)c1. The number of rotatable bonds is 3. The van der Waals surface area contributed by atoms with E-state index in [0.717, 1.165) is 11.3 Å². The Bertz CT molecular complexity index is 418. The van der Waals surface area contributed by atoms with E-state index in [1.165, 1.54) is 11.8 Å². The van der Waals surface area contributed by atoms with E-state index >= 15 is 0 Å². The highest BCUT2D eigenvalue weighted by Crippen LogP contribution is 2.22. The van der Waals surface area contributed by atoms with Gasteiger partial charge in [-0.2, -0.15) is 0 Å². The molecule has 1 saturated heterocycles. The normalized spacial score (nSPS) is 15.7. The molecule has 0 spiro atoms. The average molecular weight is 253 g/mol. The van der Waals surface area contributed by atoms with Gasteiger partial charge in [0.1, 0.15) is 10.1 Å². The first kappa shape index (κ1) is 11.4. The third-order valence-corrected chi connectivity index (χ3v) is 3.75. The summed E-state index contributed by atoms with van der Waals surface area (Å²) in [4.78, 5) is 13.2. The zero-order valence-electron chi connectivity index (χ0n) is 8.80. The lowest BCUT2D eigenvalue weighted by Gasteiger charge is -2.15. The predicted molar refractivity (Wildman–Crippen MR) is 68.6 cm³/mol. The minimum atomic E-state index is 0.0813. The Morgan fingerprint density at radius 3 is 3.00 bits per heavy atom. The molecule has 0 atom stereocenters. The van der Waals surface area contributed by atoms with Gasteiger partial charge in [-0.15, -0.1) is 0 Å². The second kappa shape index (κ2) is 4.84. The fourth-order valence-corrected chi connectivity index (χ4v) is 2.56. The molecule has 1 fully saturated rings. The summed E-state index contributed by atoms with van der Waals surface area (Å²) in [7, 11) is 1.63. The fraction of sp³-hybridized carbons (Fsp3) is 0.273. The van der Waals surface area contributed by atoms with Gasteiger partial charge in [-0.05, 0) is 17.7 Å². The Morgan fingerprint density at radius 2 is 2.38 bits per heavy atom. The Kier molecular flexibility index (Phi) is 3.46. The van der Waals surface area contributed by atoms with Gasteiger partial charge in [-0.1, -0.05) is 36.1 Å². The predicted octanol–water partition coefficient (Wildman–Crippen LogP) is 2.06. The molecule has 1 amide bonds. The van der Waals surface area contributed by atoms with Crippen molar-refractivity contribution >= 4 is 34.2 Å². The Balaban J connectivity index is 2.14. The number of methoxy groups -OCH3 is 1. The molecule has 1 aliphatic rings. The number of benzene rings is 1. The molecule has 0 N–H and O–H groups in total. The molecule has 0 aliphatic carbocycles. The highest BCUT2D eigenvalue weighted by Gasteiger charge is 2.26. The van der Waals surface area contributed by atoms with Crippen LogP contribution in [0.3, 0.4) is 0 Å². The topological polar surface area (TPSA) is 29.5 Å². The van der Waals surface area contributed by atoms with E-state index in [2.05, 4.69) is 0 Å². The Hall–Kier alpha value is -1.07. The molecule has 2 rings (SSSR count). The van der Waals surface area contributed by atoms with Gasteiger partial charge in [0.15, 0.2) is 0 Å². The van der Waals surface area contributed by atoms with Gasteiger partial charge < -0.3 is 4.74 Å². The largest absolute Gasteiger partial charge is 0.497 e. The van der Waals surface area contributed by atoms with Crippen LogP contribution in [0.1, 0.15) is 5.56 Å². The van der Waals surface area contributed by atoms with Crippen molar-refractivity contribution in [2.24, 2.45) is 0 Å². The molecule has 1 aromatic rings. The molecule has 16 heavy (non-hydrogen) atoms. The summed E-state index contributed by atoms with van der Waals surface area (Å²) in [5.41, 5.74) is 1.03. The van der Waals surface area contributed by atoms with Crippen LogP contribution in [0.25, 0.3) is 0 Å². The number of nitrogens with zero attached hydrogens (tertiary/aromatic N) is 1. The number of ether oxygens (including phenoxy) is 1. The number of amides is 1. The van der Waals surface area contributed by atoms with E-state index in [1.54, 1.807) is 12.0 Å². The Labute approximate surface area is 104 Å². The molecule has 1 aliphatic heterocycles. The van der Waals surface area contributed by atoms with Crippen molar-refractivity contribution in [3.8, 4) is 5.75 Å². The molecule has 84 valence electrons. The molecule has 1 aromatic carbocycles. The van der Waals surface area contributed by atoms with Gasteiger partial charge in [0.25, 0.3) is 0 Å². The van der Waals surface area contributed by atoms with Gasteiger partial charge in [0, 0.05) is 0 Å². The highest BCUT2D eigenvalue weighted by atomic mass is 32.2. The zero-order chi connectivity index (χ0) is 11.5. The highest BCUT2D eigenvalue weighted by molar-refractivity contribution is 8.23. The maximum atomic E-state index is 11.5. The van der Waals surface area contributed by atoms with E-state index in [-0.39, 0.29) is 5.91 Å². The third-order valence-electron chi connectivity index (χ3n) is 2.32. The molecule has 3 nitrogen and oxygen atoms in total. The van der Waals surface area contributed by atoms with E-state index < -0.39 is 0 Å². The van der Waals surface area contributed by atoms with E-state index in [9.17, 15) is 4.79 Å². The summed E-state index contributed by atoms with van der Waals surface area (Å²) < 4.78 is 5.79. The van der Waals surface area contributed by atoms with Crippen LogP contribution in [0.4, 0.5) is 0 Å². The molecule has 5 heteroatoms. The minimum Gasteiger partial charge on any atom is -0.497 e. The first-order valence-corrected chi connectivity index (χ1v) is 6.20. The number of hydrogen-bond donors (Lipinski definition) is 0. The summed E-state index contributed by atoms with van der Waals surface area (Å²) in [6.45, 7) is 0.530. The first-order chi connectivity index (χ1) is 7.70. The maximum Gasteiger partial charge on any atom is 0.238 e. The number of hydrogen-bond acceptors (Lipinski definition) is 4. The van der Waals surface area contributed by atoms with Crippen LogP contribution in [0.2, 0.25) is 0 Å². The van der Waals surface area contributed by atoms with Crippen molar-refractivity contribution in [3.63, 3.8) is 0 Å². The van der Waals surface area contributed by atoms with Crippen LogP contribution in [-0.4, -0.2) is 28.0 Å². The quantitative estimate of drug-likeness (QED) is 0.771. The van der Waals surface area contributed by atoms with Crippen LogP contribution in [0.5, 0.6) is 5.75 Å². The van der Waals surface area contributed by atoms with Crippen LogP contribution in [0.15, 0.2) is 24.3 Å². The smallest absolute Gasteiger partial charge is 0.238 e. The maximum absolute atomic E-state index is 11.5. The van der Waals surface area contributed by atoms with Crippen LogP contribution in [0, 0.1) is 0 Å². The summed E-state index contributed by atoms with van der Waals surface area (Å²) in [6.07, 6.45) is 0. The van der Waals surface area contributed by atoms with Gasteiger partial charge in [-0.3, -0.25) is 9.69 Å². The molecular weight excluding hydrogens is 242 g/mol. The van der Waals surface area contributed by atoms with Gasteiger partial charge in [-0.25, -0.2) is 0 Å². The number of carbonyl (C=O) groups excluding carboxylic acids is 1. The Morgan fingerprint density at radius 1 is 1.56 bits per heavy atom. The van der Waals surface area contributed by atoms with Crippen LogP contribution in [-0.2, 0) is 11.3 Å². The number of thioether (sulfide) groups is 1. The molecule has 0 unspecified atom stereocenters.